The molecule has 35 heavy (non-hydrogen) atoms. The number of aromatic carboxylic acids is 1. The van der Waals surface area contributed by atoms with Crippen molar-refractivity contribution in [2.45, 2.75) is 20.3 Å². The number of anilines is 1. The lowest BCUT2D eigenvalue weighted by Gasteiger charge is -2.15. The molecule has 0 unspecified atom stereocenters. The monoisotopic (exact) mass is 475 g/mol. The van der Waals surface area contributed by atoms with E-state index in [4.69, 9.17) is 9.47 Å². The molecule has 0 fully saturated rings. The highest BCUT2D eigenvalue weighted by Crippen LogP contribution is 2.33. The molecule has 1 aromatic heterocycles. The van der Waals surface area contributed by atoms with Crippen molar-refractivity contribution in [3.05, 3.63) is 77.9 Å². The average molecular weight is 476 g/mol. The van der Waals surface area contributed by atoms with Crippen molar-refractivity contribution in [1.82, 2.24) is 9.97 Å². The molecular weight excluding hydrogens is 449 g/mol. The molecule has 0 aliphatic carbocycles. The van der Waals surface area contributed by atoms with E-state index < -0.39 is 5.97 Å². The summed E-state index contributed by atoms with van der Waals surface area (Å²) in [7, 11) is 0. The van der Waals surface area contributed by atoms with Crippen LogP contribution in [0.1, 0.15) is 29.8 Å². The van der Waals surface area contributed by atoms with E-state index in [0.717, 1.165) is 5.39 Å². The summed E-state index contributed by atoms with van der Waals surface area (Å²) in [6.07, 6.45) is 1.77. The van der Waals surface area contributed by atoms with E-state index >= 15 is 4.39 Å². The molecule has 180 valence electrons. The third-order valence-corrected chi connectivity index (χ3v) is 5.50. The maximum atomic E-state index is 15.3. The van der Waals surface area contributed by atoms with Crippen LogP contribution in [0.2, 0.25) is 0 Å². The molecule has 7 nitrogen and oxygen atoms in total. The van der Waals surface area contributed by atoms with Gasteiger partial charge in [-0.1, -0.05) is 30.3 Å². The first-order valence-electron chi connectivity index (χ1n) is 11.4. The maximum absolute atomic E-state index is 15.3. The second-order valence-corrected chi connectivity index (χ2v) is 7.71. The van der Waals surface area contributed by atoms with Gasteiger partial charge in [0.2, 0.25) is 0 Å². The van der Waals surface area contributed by atoms with Crippen LogP contribution in [0.25, 0.3) is 22.0 Å². The molecule has 0 saturated heterocycles. The Balaban J connectivity index is 1.57. The summed E-state index contributed by atoms with van der Waals surface area (Å²) >= 11 is 0. The molecule has 0 atom stereocenters. The van der Waals surface area contributed by atoms with Crippen molar-refractivity contribution in [3.63, 3.8) is 0 Å². The summed E-state index contributed by atoms with van der Waals surface area (Å²) in [5.74, 6) is -0.0569. The number of ether oxygens (including phenoxy) is 2. The number of carboxylic acids is 1. The second kappa shape index (κ2) is 10.8. The molecule has 0 radical (unpaired) electrons. The summed E-state index contributed by atoms with van der Waals surface area (Å²) in [5.41, 5.74) is 1.63. The van der Waals surface area contributed by atoms with Gasteiger partial charge >= 0.3 is 5.97 Å². The minimum Gasteiger partial charge on any atom is -0.493 e. The molecule has 0 aliphatic heterocycles. The molecule has 0 bridgehead atoms. The fourth-order valence-corrected chi connectivity index (χ4v) is 3.96. The van der Waals surface area contributed by atoms with E-state index in [1.807, 2.05) is 31.2 Å². The average Bonchev–Trinajstić information content (AvgIpc) is 2.86. The Hall–Kier alpha value is -4.20. The number of nitrogens with zero attached hydrogens (tertiary/aromatic N) is 2. The molecule has 0 saturated carbocycles. The van der Waals surface area contributed by atoms with Gasteiger partial charge in [0.25, 0.3) is 0 Å². The van der Waals surface area contributed by atoms with Crippen molar-refractivity contribution in [2.75, 3.05) is 25.1 Å². The number of nitrogens with one attached hydrogen (secondary N) is 1. The normalized spacial score (nSPS) is 10.8. The summed E-state index contributed by atoms with van der Waals surface area (Å²) in [6, 6.07) is 15.8. The van der Waals surface area contributed by atoms with Crippen LogP contribution in [0.15, 0.2) is 60.9 Å². The number of carboxylic acid groups (broad SMARTS) is 1. The number of benzene rings is 3. The van der Waals surface area contributed by atoms with Gasteiger partial charge in [-0.2, -0.15) is 0 Å². The van der Waals surface area contributed by atoms with Crippen molar-refractivity contribution in [1.29, 1.82) is 0 Å². The number of halogens is 1. The Morgan fingerprint density at radius 3 is 2.60 bits per heavy atom. The standard InChI is InChI=1S/C27H26FN3O4/c1-3-34-23-14-17-8-5-6-9-18(17)25(28)20(23)12-13-29-24-15-22(30-16-31-24)19-10-7-11-21(27(32)33)26(19)35-4-2/h5-11,14-16H,3-4,12-13H2,1-2H3,(H,32,33)(H,29,30,31). The van der Waals surface area contributed by atoms with Gasteiger partial charge in [0, 0.05) is 29.1 Å². The number of aromatic nitrogens is 2. The SMILES string of the molecule is CCOc1cc2ccccc2c(F)c1CCNc1cc(-c2cccc(C(=O)O)c2OCC)ncn1. The van der Waals surface area contributed by atoms with Gasteiger partial charge < -0.3 is 19.9 Å². The molecule has 2 N–H and O–H groups in total. The van der Waals surface area contributed by atoms with Crippen molar-refractivity contribution >= 4 is 22.6 Å². The summed E-state index contributed by atoms with van der Waals surface area (Å²) < 4.78 is 26.6. The van der Waals surface area contributed by atoms with E-state index in [9.17, 15) is 9.90 Å². The number of fused-ring (bicyclic) bond motifs is 1. The van der Waals surface area contributed by atoms with Crippen molar-refractivity contribution in [3.8, 4) is 22.8 Å². The number of hydrogen-bond donors (Lipinski definition) is 2. The Bertz CT molecular complexity index is 1360. The molecular formula is C27H26FN3O4. The van der Waals surface area contributed by atoms with Gasteiger partial charge in [-0.15, -0.1) is 0 Å². The lowest BCUT2D eigenvalue weighted by Crippen LogP contribution is -2.10. The third-order valence-electron chi connectivity index (χ3n) is 5.50. The fraction of sp³-hybridized carbons (Fsp3) is 0.222. The van der Waals surface area contributed by atoms with E-state index in [-0.39, 0.29) is 17.1 Å². The summed E-state index contributed by atoms with van der Waals surface area (Å²) in [5, 5.41) is 14.1. The van der Waals surface area contributed by atoms with Gasteiger partial charge in [-0.05, 0) is 43.9 Å². The molecule has 3 aromatic carbocycles. The molecule has 0 aliphatic rings. The first-order valence-corrected chi connectivity index (χ1v) is 11.4. The van der Waals surface area contributed by atoms with Gasteiger partial charge in [0.05, 0.1) is 18.9 Å². The predicted octanol–water partition coefficient (Wildman–Crippen LogP) is 5.59. The smallest absolute Gasteiger partial charge is 0.339 e. The van der Waals surface area contributed by atoms with Crippen LogP contribution < -0.4 is 14.8 Å². The lowest BCUT2D eigenvalue weighted by molar-refractivity contribution is 0.0692. The Kier molecular flexibility index (Phi) is 7.40. The third kappa shape index (κ3) is 5.16. The zero-order chi connectivity index (χ0) is 24.8. The fourth-order valence-electron chi connectivity index (χ4n) is 3.96. The molecule has 0 amide bonds. The van der Waals surface area contributed by atoms with Crippen molar-refractivity contribution < 1.29 is 23.8 Å². The number of para-hydroxylation sites is 1. The van der Waals surface area contributed by atoms with Crippen LogP contribution in [0.3, 0.4) is 0 Å². The predicted molar refractivity (Wildman–Crippen MR) is 133 cm³/mol. The van der Waals surface area contributed by atoms with Crippen LogP contribution in [-0.4, -0.2) is 40.8 Å². The van der Waals surface area contributed by atoms with Gasteiger partial charge in [0.1, 0.15) is 35.0 Å². The second-order valence-electron chi connectivity index (χ2n) is 7.71. The zero-order valence-corrected chi connectivity index (χ0v) is 19.5. The molecule has 4 rings (SSSR count). The van der Waals surface area contributed by atoms with E-state index in [0.29, 0.717) is 60.0 Å². The Morgan fingerprint density at radius 2 is 1.83 bits per heavy atom. The molecule has 1 heterocycles. The zero-order valence-electron chi connectivity index (χ0n) is 19.5. The molecule has 8 heteroatoms. The van der Waals surface area contributed by atoms with E-state index in [1.165, 1.54) is 12.4 Å². The first-order chi connectivity index (χ1) is 17.0. The quantitative estimate of drug-likeness (QED) is 0.309. The number of hydrogen-bond acceptors (Lipinski definition) is 6. The highest BCUT2D eigenvalue weighted by atomic mass is 19.1. The van der Waals surface area contributed by atoms with Gasteiger partial charge in [-0.3, -0.25) is 0 Å². The van der Waals surface area contributed by atoms with Crippen LogP contribution in [0.5, 0.6) is 11.5 Å². The highest BCUT2D eigenvalue weighted by Gasteiger charge is 2.18. The Labute approximate surface area is 202 Å². The van der Waals surface area contributed by atoms with Crippen LogP contribution in [-0.2, 0) is 6.42 Å². The maximum Gasteiger partial charge on any atom is 0.339 e. The number of carbonyl (C=O) groups is 1. The minimum atomic E-state index is -1.08. The van der Waals surface area contributed by atoms with Crippen LogP contribution in [0, 0.1) is 5.82 Å². The van der Waals surface area contributed by atoms with E-state index in [1.54, 1.807) is 31.2 Å². The Morgan fingerprint density at radius 1 is 1.03 bits per heavy atom. The summed E-state index contributed by atoms with van der Waals surface area (Å²) in [6.45, 7) is 4.81. The molecule has 4 aromatic rings. The van der Waals surface area contributed by atoms with Gasteiger partial charge in [0.15, 0.2) is 0 Å². The largest absolute Gasteiger partial charge is 0.493 e. The highest BCUT2D eigenvalue weighted by molar-refractivity contribution is 5.94. The van der Waals surface area contributed by atoms with E-state index in [2.05, 4.69) is 15.3 Å². The van der Waals surface area contributed by atoms with Crippen molar-refractivity contribution in [2.24, 2.45) is 0 Å². The van der Waals surface area contributed by atoms with Crippen LogP contribution in [0.4, 0.5) is 10.2 Å². The first kappa shape index (κ1) is 23.9. The number of rotatable bonds is 10. The van der Waals surface area contributed by atoms with Crippen LogP contribution >= 0.6 is 0 Å². The summed E-state index contributed by atoms with van der Waals surface area (Å²) in [4.78, 5) is 20.2. The lowest BCUT2D eigenvalue weighted by atomic mass is 10.0. The topological polar surface area (TPSA) is 93.6 Å². The molecule has 0 spiro atoms. The van der Waals surface area contributed by atoms with Gasteiger partial charge in [-0.25, -0.2) is 19.2 Å². The minimum absolute atomic E-state index is 0.0627.